The largest absolute Gasteiger partial charge is 0.472 e. The second-order valence-electron chi connectivity index (χ2n) is 9.74. The molecule has 9 heteroatoms. The molecule has 0 aliphatic carbocycles. The van der Waals surface area contributed by atoms with Crippen molar-refractivity contribution in [2.75, 3.05) is 26.7 Å². The maximum Gasteiger partial charge on any atom is 0.259 e. The van der Waals surface area contributed by atoms with Crippen molar-refractivity contribution in [3.05, 3.63) is 89.1 Å². The number of aliphatic hydroxyl groups excluding tert-OH is 1. The molecule has 2 aromatic heterocycles. The maximum atomic E-state index is 14.0. The normalized spacial score (nSPS) is 17.6. The van der Waals surface area contributed by atoms with Crippen molar-refractivity contribution in [1.29, 1.82) is 0 Å². The van der Waals surface area contributed by atoms with Crippen molar-refractivity contribution in [2.24, 2.45) is 5.92 Å². The van der Waals surface area contributed by atoms with Gasteiger partial charge < -0.3 is 19.6 Å². The average Bonchev–Trinajstić information content (AvgIpc) is 2.94. The van der Waals surface area contributed by atoms with Crippen LogP contribution >= 0.6 is 0 Å². The van der Waals surface area contributed by atoms with Crippen LogP contribution in [-0.2, 0) is 11.2 Å². The van der Waals surface area contributed by atoms with Crippen LogP contribution in [0.3, 0.4) is 0 Å². The van der Waals surface area contributed by atoms with Crippen molar-refractivity contribution < 1.29 is 23.8 Å². The average molecular weight is 531 g/mol. The summed E-state index contributed by atoms with van der Waals surface area (Å²) in [5, 5.41) is 9.86. The van der Waals surface area contributed by atoms with E-state index >= 15 is 0 Å². The second kappa shape index (κ2) is 12.5. The third kappa shape index (κ3) is 6.78. The van der Waals surface area contributed by atoms with E-state index in [1.165, 1.54) is 12.3 Å². The Morgan fingerprint density at radius 2 is 2.05 bits per heavy atom. The number of carbonyl (C=O) groups excluding carboxylic acids is 2. The van der Waals surface area contributed by atoms with Gasteiger partial charge in [-0.25, -0.2) is 9.37 Å². The minimum atomic E-state index is -0.476. The molecule has 3 aromatic rings. The first-order valence-corrected chi connectivity index (χ1v) is 12.7. The number of nitrogens with zero attached hydrogens (tertiary/aromatic N) is 4. The van der Waals surface area contributed by atoms with E-state index in [2.05, 4.69) is 21.8 Å². The topological polar surface area (TPSA) is 95.9 Å². The van der Waals surface area contributed by atoms with Gasteiger partial charge in [0, 0.05) is 43.7 Å². The predicted molar refractivity (Wildman–Crippen MR) is 143 cm³/mol. The zero-order valence-corrected chi connectivity index (χ0v) is 22.2. The van der Waals surface area contributed by atoms with Gasteiger partial charge in [0.05, 0.1) is 31.2 Å². The van der Waals surface area contributed by atoms with Crippen LogP contribution in [0.2, 0.25) is 0 Å². The number of fused-ring (bicyclic) bond motifs is 1. The highest BCUT2D eigenvalue weighted by atomic mass is 19.1. The molecule has 1 aliphatic rings. The Morgan fingerprint density at radius 1 is 1.26 bits per heavy atom. The van der Waals surface area contributed by atoms with Gasteiger partial charge in [0.15, 0.2) is 0 Å². The smallest absolute Gasteiger partial charge is 0.259 e. The number of aliphatic hydroxyl groups is 1. The molecule has 4 rings (SSSR count). The number of amides is 2. The summed E-state index contributed by atoms with van der Waals surface area (Å²) in [6.07, 6.45) is 4.52. The summed E-state index contributed by atoms with van der Waals surface area (Å²) in [6, 6.07) is 10.9. The summed E-state index contributed by atoms with van der Waals surface area (Å²) >= 11 is 0. The number of aromatic nitrogens is 2. The number of likely N-dealkylation sites (N-methyl/N-ethyl adjacent to an activating group) is 1. The van der Waals surface area contributed by atoms with Crippen LogP contribution in [0.1, 0.15) is 40.9 Å². The van der Waals surface area contributed by atoms with E-state index in [9.17, 15) is 19.1 Å². The highest BCUT2D eigenvalue weighted by Crippen LogP contribution is 2.27. The lowest BCUT2D eigenvalue weighted by Crippen LogP contribution is -2.50. The monoisotopic (exact) mass is 530 g/mol. The number of benzene rings is 1. The first kappa shape index (κ1) is 27.7. The molecule has 2 amide bonds. The van der Waals surface area contributed by atoms with Gasteiger partial charge in [-0.15, -0.1) is 0 Å². The zero-order valence-electron chi connectivity index (χ0n) is 22.2. The molecule has 0 saturated heterocycles. The molecule has 0 unspecified atom stereocenters. The Labute approximate surface area is 227 Å². The summed E-state index contributed by atoms with van der Waals surface area (Å²) in [5.74, 6) is 4.72. The molecule has 3 heterocycles. The first-order valence-electron chi connectivity index (χ1n) is 12.7. The fraction of sp³-hybridized carbons (Fsp3) is 0.333. The molecule has 1 aromatic carbocycles. The van der Waals surface area contributed by atoms with Gasteiger partial charge in [-0.2, -0.15) is 0 Å². The van der Waals surface area contributed by atoms with E-state index in [0.29, 0.717) is 12.1 Å². The number of halogens is 1. The quantitative estimate of drug-likeness (QED) is 0.493. The van der Waals surface area contributed by atoms with Crippen LogP contribution in [0.15, 0.2) is 61.1 Å². The van der Waals surface area contributed by atoms with Gasteiger partial charge in [0.2, 0.25) is 11.8 Å². The Balaban J connectivity index is 1.62. The van der Waals surface area contributed by atoms with Crippen molar-refractivity contribution in [1.82, 2.24) is 19.8 Å². The van der Waals surface area contributed by atoms with Gasteiger partial charge in [0.25, 0.3) is 5.91 Å². The third-order valence-electron chi connectivity index (χ3n) is 6.69. The van der Waals surface area contributed by atoms with E-state index in [1.54, 1.807) is 66.5 Å². The summed E-state index contributed by atoms with van der Waals surface area (Å²) in [5.41, 5.74) is 1.65. The van der Waals surface area contributed by atoms with E-state index in [4.69, 9.17) is 4.74 Å². The number of pyridine rings is 2. The van der Waals surface area contributed by atoms with E-state index in [-0.39, 0.29) is 54.3 Å². The van der Waals surface area contributed by atoms with Crippen molar-refractivity contribution >= 4 is 11.8 Å². The van der Waals surface area contributed by atoms with Gasteiger partial charge in [-0.3, -0.25) is 14.6 Å². The second-order valence-corrected chi connectivity index (χ2v) is 9.74. The minimum absolute atomic E-state index is 0.0931. The van der Waals surface area contributed by atoms with Crippen LogP contribution in [0.5, 0.6) is 5.88 Å². The van der Waals surface area contributed by atoms with Crippen LogP contribution in [0, 0.1) is 23.6 Å². The number of hydrogen-bond acceptors (Lipinski definition) is 6. The predicted octanol–water partition coefficient (Wildman–Crippen LogP) is 2.94. The number of rotatable bonds is 6. The summed E-state index contributed by atoms with van der Waals surface area (Å²) < 4.78 is 20.3. The molecule has 0 saturated carbocycles. The molecule has 0 spiro atoms. The fourth-order valence-electron chi connectivity index (χ4n) is 4.27. The fourth-order valence-corrected chi connectivity index (χ4v) is 4.27. The molecule has 0 radical (unpaired) electrons. The standard InChI is InChI=1S/C30H31FN4O4/c1-20-17-35(21(2)19-36)30(38)25-13-23(10-11-24-8-4-5-9-26(24)31)16-33-29(25)39-27(20)18-34(3)28(37)14-22-7-6-12-32-15-22/h4-9,12-13,15-16,20-21,27,36H,14,17-19H2,1-3H3/t20-,21+,27+/m0/s1. The molecular formula is C30H31FN4O4. The Kier molecular flexibility index (Phi) is 8.89. The van der Waals surface area contributed by atoms with E-state index < -0.39 is 18.0 Å². The molecule has 1 aliphatic heterocycles. The summed E-state index contributed by atoms with van der Waals surface area (Å²) in [6.45, 7) is 4.06. The molecule has 3 atom stereocenters. The van der Waals surface area contributed by atoms with Crippen LogP contribution in [0.25, 0.3) is 0 Å². The number of ether oxygens (including phenoxy) is 1. The lowest BCUT2D eigenvalue weighted by molar-refractivity contribution is -0.130. The van der Waals surface area contributed by atoms with E-state index in [1.807, 2.05) is 13.0 Å². The minimum Gasteiger partial charge on any atom is -0.472 e. The van der Waals surface area contributed by atoms with Crippen molar-refractivity contribution in [3.8, 4) is 17.7 Å². The Hall–Kier alpha value is -4.29. The lowest BCUT2D eigenvalue weighted by Gasteiger charge is -2.37. The van der Waals surface area contributed by atoms with Crippen LogP contribution < -0.4 is 4.74 Å². The summed E-state index contributed by atoms with van der Waals surface area (Å²) in [4.78, 5) is 38.1. The van der Waals surface area contributed by atoms with Crippen molar-refractivity contribution in [2.45, 2.75) is 32.4 Å². The highest BCUT2D eigenvalue weighted by Gasteiger charge is 2.34. The number of hydrogen-bond donors (Lipinski definition) is 1. The lowest BCUT2D eigenvalue weighted by atomic mass is 9.99. The molecule has 0 bridgehead atoms. The van der Waals surface area contributed by atoms with Gasteiger partial charge in [0.1, 0.15) is 17.5 Å². The Bertz CT molecular complexity index is 1390. The van der Waals surface area contributed by atoms with Crippen LogP contribution in [-0.4, -0.2) is 75.6 Å². The molecule has 202 valence electrons. The molecule has 39 heavy (non-hydrogen) atoms. The zero-order chi connectivity index (χ0) is 27.9. The third-order valence-corrected chi connectivity index (χ3v) is 6.69. The maximum absolute atomic E-state index is 14.0. The number of carbonyl (C=O) groups is 2. The van der Waals surface area contributed by atoms with Crippen molar-refractivity contribution in [3.63, 3.8) is 0 Å². The molecule has 0 fully saturated rings. The SMILES string of the molecule is C[C@H](CO)N1C[C@H](C)[C@@H](CN(C)C(=O)Cc2cccnc2)Oc2ncc(C#Cc3ccccc3F)cc2C1=O. The highest BCUT2D eigenvalue weighted by molar-refractivity contribution is 5.97. The van der Waals surface area contributed by atoms with Gasteiger partial charge in [-0.1, -0.05) is 37.0 Å². The summed E-state index contributed by atoms with van der Waals surface area (Å²) in [7, 11) is 1.71. The van der Waals surface area contributed by atoms with E-state index in [0.717, 1.165) is 5.56 Å². The molecule has 1 N–H and O–H groups in total. The Morgan fingerprint density at radius 3 is 2.77 bits per heavy atom. The first-order chi connectivity index (χ1) is 18.8. The van der Waals surface area contributed by atoms with Crippen LogP contribution in [0.4, 0.5) is 4.39 Å². The van der Waals surface area contributed by atoms with Gasteiger partial charge in [-0.05, 0) is 36.8 Å². The van der Waals surface area contributed by atoms with Gasteiger partial charge >= 0.3 is 0 Å². The molecule has 8 nitrogen and oxygen atoms in total. The molecular weight excluding hydrogens is 499 g/mol.